The fraction of sp³-hybridized carbons (Fsp3) is 0.417. The van der Waals surface area contributed by atoms with Crippen LogP contribution in [0.2, 0.25) is 0 Å². The average molecular weight is 205 g/mol. The Morgan fingerprint density at radius 1 is 1.47 bits per heavy atom. The van der Waals surface area contributed by atoms with Crippen LogP contribution in [0.25, 0.3) is 0 Å². The topological polar surface area (TPSA) is 40.5 Å². The Morgan fingerprint density at radius 3 is 2.67 bits per heavy atom. The van der Waals surface area contributed by atoms with Gasteiger partial charge in [-0.3, -0.25) is 0 Å². The van der Waals surface area contributed by atoms with Crippen LogP contribution in [-0.2, 0) is 0 Å². The SMILES string of the molecule is Cc1ccc(C(=O)O)cc1N1CC(C)C1. The summed E-state index contributed by atoms with van der Waals surface area (Å²) in [5, 5.41) is 8.91. The number of rotatable bonds is 2. The Hall–Kier alpha value is -1.51. The van der Waals surface area contributed by atoms with Gasteiger partial charge in [0.1, 0.15) is 0 Å². The third-order valence-corrected chi connectivity index (χ3v) is 2.86. The van der Waals surface area contributed by atoms with E-state index in [2.05, 4.69) is 11.8 Å². The molecule has 1 heterocycles. The molecule has 0 spiro atoms. The molecule has 1 aliphatic rings. The Kier molecular flexibility index (Phi) is 2.39. The molecule has 0 radical (unpaired) electrons. The van der Waals surface area contributed by atoms with Crippen LogP contribution in [0.1, 0.15) is 22.8 Å². The minimum absolute atomic E-state index is 0.371. The van der Waals surface area contributed by atoms with E-state index in [4.69, 9.17) is 5.11 Å². The number of aryl methyl sites for hydroxylation is 1. The third-order valence-electron chi connectivity index (χ3n) is 2.86. The maximum Gasteiger partial charge on any atom is 0.335 e. The van der Waals surface area contributed by atoms with Gasteiger partial charge in [-0.2, -0.15) is 0 Å². The second-order valence-corrected chi connectivity index (χ2v) is 4.32. The van der Waals surface area contributed by atoms with Gasteiger partial charge in [0.2, 0.25) is 0 Å². The summed E-state index contributed by atoms with van der Waals surface area (Å²) >= 11 is 0. The summed E-state index contributed by atoms with van der Waals surface area (Å²) in [6, 6.07) is 5.30. The predicted octanol–water partition coefficient (Wildman–Crippen LogP) is 2.15. The van der Waals surface area contributed by atoms with E-state index in [-0.39, 0.29) is 0 Å². The lowest BCUT2D eigenvalue weighted by atomic mass is 9.99. The van der Waals surface area contributed by atoms with Crippen LogP contribution < -0.4 is 4.90 Å². The van der Waals surface area contributed by atoms with Crippen molar-refractivity contribution in [1.82, 2.24) is 0 Å². The minimum Gasteiger partial charge on any atom is -0.478 e. The molecule has 0 aromatic heterocycles. The minimum atomic E-state index is -0.857. The molecule has 0 aliphatic carbocycles. The first-order valence-corrected chi connectivity index (χ1v) is 5.17. The second-order valence-electron chi connectivity index (χ2n) is 4.32. The Bertz CT molecular complexity index is 395. The maximum absolute atomic E-state index is 10.8. The molecule has 0 amide bonds. The van der Waals surface area contributed by atoms with Gasteiger partial charge in [-0.1, -0.05) is 13.0 Å². The van der Waals surface area contributed by atoms with Gasteiger partial charge >= 0.3 is 5.97 Å². The van der Waals surface area contributed by atoms with Crippen molar-refractivity contribution in [2.75, 3.05) is 18.0 Å². The van der Waals surface area contributed by atoms with Crippen molar-refractivity contribution in [2.24, 2.45) is 5.92 Å². The summed E-state index contributed by atoms with van der Waals surface area (Å²) in [5.41, 5.74) is 2.58. The molecule has 1 aromatic carbocycles. The molecule has 1 N–H and O–H groups in total. The van der Waals surface area contributed by atoms with Crippen molar-refractivity contribution in [2.45, 2.75) is 13.8 Å². The van der Waals surface area contributed by atoms with Gasteiger partial charge in [0.25, 0.3) is 0 Å². The van der Waals surface area contributed by atoms with E-state index in [1.807, 2.05) is 13.0 Å². The summed E-state index contributed by atoms with van der Waals surface area (Å²) in [4.78, 5) is 13.1. The standard InChI is InChI=1S/C12H15NO2/c1-8-6-13(7-8)11-5-10(12(14)15)4-3-9(11)2/h3-5,8H,6-7H2,1-2H3,(H,14,15). The summed E-state index contributed by atoms with van der Waals surface area (Å²) in [6.07, 6.45) is 0. The Labute approximate surface area is 89.3 Å². The molecule has 80 valence electrons. The second kappa shape index (κ2) is 3.57. The zero-order valence-corrected chi connectivity index (χ0v) is 9.03. The average Bonchev–Trinajstić information content (AvgIpc) is 2.14. The van der Waals surface area contributed by atoms with Gasteiger partial charge in [-0.15, -0.1) is 0 Å². The first-order valence-electron chi connectivity index (χ1n) is 5.17. The molecule has 1 saturated heterocycles. The summed E-state index contributed by atoms with van der Waals surface area (Å²) in [5.74, 6) is -0.136. The highest BCUT2D eigenvalue weighted by molar-refractivity contribution is 5.89. The molecule has 2 rings (SSSR count). The molecule has 0 unspecified atom stereocenters. The number of carboxylic acid groups (broad SMARTS) is 1. The number of carboxylic acids is 1. The summed E-state index contributed by atoms with van der Waals surface area (Å²) in [6.45, 7) is 6.28. The first kappa shape index (κ1) is 10.0. The highest BCUT2D eigenvalue weighted by Gasteiger charge is 2.24. The number of aromatic carboxylic acids is 1. The molecule has 3 nitrogen and oxygen atoms in total. The Balaban J connectivity index is 2.29. The van der Waals surface area contributed by atoms with E-state index in [0.29, 0.717) is 5.56 Å². The van der Waals surface area contributed by atoms with Crippen LogP contribution >= 0.6 is 0 Å². The number of nitrogens with zero attached hydrogens (tertiary/aromatic N) is 1. The molecule has 3 heteroatoms. The fourth-order valence-electron chi connectivity index (χ4n) is 1.98. The van der Waals surface area contributed by atoms with E-state index in [9.17, 15) is 4.79 Å². The number of hydrogen-bond donors (Lipinski definition) is 1. The molecule has 1 aromatic rings. The van der Waals surface area contributed by atoms with Gasteiger partial charge in [0, 0.05) is 18.8 Å². The number of carbonyl (C=O) groups is 1. The number of hydrogen-bond acceptors (Lipinski definition) is 2. The quantitative estimate of drug-likeness (QED) is 0.804. The van der Waals surface area contributed by atoms with Crippen LogP contribution in [-0.4, -0.2) is 24.2 Å². The van der Waals surface area contributed by atoms with E-state index in [1.54, 1.807) is 12.1 Å². The van der Waals surface area contributed by atoms with Crippen molar-refractivity contribution in [3.63, 3.8) is 0 Å². The largest absolute Gasteiger partial charge is 0.478 e. The van der Waals surface area contributed by atoms with Crippen molar-refractivity contribution in [3.8, 4) is 0 Å². The maximum atomic E-state index is 10.8. The molecule has 0 saturated carbocycles. The normalized spacial score (nSPS) is 16.3. The van der Waals surface area contributed by atoms with Gasteiger partial charge in [-0.25, -0.2) is 4.79 Å². The molecule has 0 atom stereocenters. The molecule has 1 aliphatic heterocycles. The van der Waals surface area contributed by atoms with Crippen LogP contribution in [0.3, 0.4) is 0 Å². The van der Waals surface area contributed by atoms with E-state index < -0.39 is 5.97 Å². The number of benzene rings is 1. The van der Waals surface area contributed by atoms with Crippen molar-refractivity contribution in [3.05, 3.63) is 29.3 Å². The zero-order chi connectivity index (χ0) is 11.0. The fourth-order valence-corrected chi connectivity index (χ4v) is 1.98. The molecule has 0 bridgehead atoms. The van der Waals surface area contributed by atoms with Crippen LogP contribution in [0.15, 0.2) is 18.2 Å². The van der Waals surface area contributed by atoms with E-state index in [1.165, 1.54) is 0 Å². The monoisotopic (exact) mass is 205 g/mol. The Morgan fingerprint density at radius 2 is 2.13 bits per heavy atom. The van der Waals surface area contributed by atoms with Gasteiger partial charge in [0.05, 0.1) is 5.56 Å². The van der Waals surface area contributed by atoms with E-state index in [0.717, 1.165) is 30.3 Å². The summed E-state index contributed by atoms with van der Waals surface area (Å²) in [7, 11) is 0. The van der Waals surface area contributed by atoms with Crippen molar-refractivity contribution >= 4 is 11.7 Å². The third kappa shape index (κ3) is 1.82. The van der Waals surface area contributed by atoms with Crippen molar-refractivity contribution < 1.29 is 9.90 Å². The van der Waals surface area contributed by atoms with Crippen LogP contribution in [0, 0.1) is 12.8 Å². The highest BCUT2D eigenvalue weighted by atomic mass is 16.4. The smallest absolute Gasteiger partial charge is 0.335 e. The van der Waals surface area contributed by atoms with Crippen LogP contribution in [0.5, 0.6) is 0 Å². The molecule has 1 fully saturated rings. The van der Waals surface area contributed by atoms with Crippen molar-refractivity contribution in [1.29, 1.82) is 0 Å². The lowest BCUT2D eigenvalue weighted by Crippen LogP contribution is -2.45. The van der Waals surface area contributed by atoms with Gasteiger partial charge < -0.3 is 10.0 Å². The lowest BCUT2D eigenvalue weighted by Gasteiger charge is -2.40. The molecule has 15 heavy (non-hydrogen) atoms. The zero-order valence-electron chi connectivity index (χ0n) is 9.03. The highest BCUT2D eigenvalue weighted by Crippen LogP contribution is 2.28. The van der Waals surface area contributed by atoms with E-state index >= 15 is 0 Å². The van der Waals surface area contributed by atoms with Gasteiger partial charge in [0.15, 0.2) is 0 Å². The van der Waals surface area contributed by atoms with Crippen LogP contribution in [0.4, 0.5) is 5.69 Å². The lowest BCUT2D eigenvalue weighted by molar-refractivity contribution is 0.0697. The van der Waals surface area contributed by atoms with Gasteiger partial charge in [-0.05, 0) is 30.5 Å². The first-order chi connectivity index (χ1) is 7.08. The summed E-state index contributed by atoms with van der Waals surface area (Å²) < 4.78 is 0. The predicted molar refractivity (Wildman–Crippen MR) is 59.5 cm³/mol. The molecular formula is C12H15NO2. The number of anilines is 1. The molecular weight excluding hydrogens is 190 g/mol.